The van der Waals surface area contributed by atoms with Gasteiger partial charge >= 0.3 is 0 Å². The van der Waals surface area contributed by atoms with Gasteiger partial charge in [-0.25, -0.2) is 8.42 Å². The fourth-order valence-corrected chi connectivity index (χ4v) is 5.86. The number of sulfonamides is 1. The first-order valence-electron chi connectivity index (χ1n) is 8.10. The smallest absolute Gasteiger partial charge is 0.247 e. The average Bonchev–Trinajstić information content (AvgIpc) is 3.09. The second-order valence-electron chi connectivity index (χ2n) is 6.23. The van der Waals surface area contributed by atoms with Crippen molar-refractivity contribution in [2.75, 3.05) is 26.7 Å². The van der Waals surface area contributed by atoms with Crippen LogP contribution in [0.2, 0.25) is 5.02 Å². The van der Waals surface area contributed by atoms with Crippen LogP contribution in [0.1, 0.15) is 25.7 Å². The number of nitrogens with one attached hydrogen (secondary N) is 1. The maximum absolute atomic E-state index is 13.3. The Morgan fingerprint density at radius 3 is 2.83 bits per heavy atom. The first-order valence-corrected chi connectivity index (χ1v) is 9.92. The molecule has 0 aliphatic carbocycles. The Bertz CT molecular complexity index is 659. The molecule has 1 aromatic rings. The van der Waals surface area contributed by atoms with Crippen LogP contribution in [-0.4, -0.2) is 45.5 Å². The van der Waals surface area contributed by atoms with E-state index >= 15 is 0 Å². The molecule has 2 unspecified atom stereocenters. The van der Waals surface area contributed by atoms with Gasteiger partial charge in [0.25, 0.3) is 0 Å². The number of methoxy groups -OCH3 is 1. The molecule has 2 fully saturated rings. The summed E-state index contributed by atoms with van der Waals surface area (Å²) in [6, 6.07) is 4.82. The van der Waals surface area contributed by atoms with Crippen LogP contribution in [0.5, 0.6) is 5.75 Å². The van der Waals surface area contributed by atoms with Gasteiger partial charge in [0.05, 0.1) is 7.11 Å². The minimum absolute atomic E-state index is 0.0624. The van der Waals surface area contributed by atoms with Gasteiger partial charge < -0.3 is 10.1 Å². The molecule has 2 atom stereocenters. The molecule has 1 aromatic carbocycles. The second kappa shape index (κ2) is 6.97. The molecule has 0 amide bonds. The first kappa shape index (κ1) is 17.0. The van der Waals surface area contributed by atoms with Crippen molar-refractivity contribution in [3.63, 3.8) is 0 Å². The number of benzene rings is 1. The summed E-state index contributed by atoms with van der Waals surface area (Å²) in [5.74, 6) is 0.735. The van der Waals surface area contributed by atoms with Crippen LogP contribution >= 0.6 is 11.6 Å². The van der Waals surface area contributed by atoms with Crippen LogP contribution in [0, 0.1) is 5.92 Å². The van der Waals surface area contributed by atoms with E-state index in [4.69, 9.17) is 16.3 Å². The molecular weight excluding hydrogens is 336 g/mol. The highest BCUT2D eigenvalue weighted by Crippen LogP contribution is 2.35. The Hall–Kier alpha value is -0.820. The van der Waals surface area contributed by atoms with E-state index in [1.807, 2.05) is 0 Å². The highest BCUT2D eigenvalue weighted by molar-refractivity contribution is 7.89. The van der Waals surface area contributed by atoms with E-state index < -0.39 is 10.0 Å². The minimum atomic E-state index is -3.62. The van der Waals surface area contributed by atoms with Gasteiger partial charge in [-0.1, -0.05) is 18.0 Å². The largest absolute Gasteiger partial charge is 0.495 e. The molecule has 7 heteroatoms. The van der Waals surface area contributed by atoms with Crippen LogP contribution in [0.25, 0.3) is 0 Å². The molecule has 0 spiro atoms. The number of piperidine rings is 1. The van der Waals surface area contributed by atoms with Gasteiger partial charge in [0.15, 0.2) is 0 Å². The van der Waals surface area contributed by atoms with E-state index in [0.29, 0.717) is 23.2 Å². The zero-order valence-electron chi connectivity index (χ0n) is 13.3. The number of nitrogens with zero attached hydrogens (tertiary/aromatic N) is 1. The van der Waals surface area contributed by atoms with Crippen molar-refractivity contribution in [2.45, 2.75) is 36.6 Å². The van der Waals surface area contributed by atoms with Crippen molar-refractivity contribution < 1.29 is 13.2 Å². The summed E-state index contributed by atoms with van der Waals surface area (Å²) in [6.45, 7) is 2.43. The predicted octanol–water partition coefficient (Wildman–Crippen LogP) is 2.50. The third-order valence-corrected chi connectivity index (χ3v) is 7.03. The molecule has 2 saturated heterocycles. The molecule has 1 N–H and O–H groups in total. The molecule has 2 aliphatic rings. The summed E-state index contributed by atoms with van der Waals surface area (Å²) in [5, 5.41) is 3.75. The minimum Gasteiger partial charge on any atom is -0.495 e. The van der Waals surface area contributed by atoms with Crippen molar-refractivity contribution in [2.24, 2.45) is 5.92 Å². The summed E-state index contributed by atoms with van der Waals surface area (Å²) in [6.07, 6.45) is 3.94. The molecule has 5 nitrogen and oxygen atoms in total. The third-order valence-electron chi connectivity index (χ3n) is 4.85. The highest BCUT2D eigenvalue weighted by atomic mass is 35.5. The van der Waals surface area contributed by atoms with Crippen molar-refractivity contribution in [1.82, 2.24) is 9.62 Å². The SMILES string of the molecule is COc1ccc(Cl)cc1S(=O)(=O)N1CCCCC1C1CCNC1. The Morgan fingerprint density at radius 1 is 1.30 bits per heavy atom. The van der Waals surface area contributed by atoms with Gasteiger partial charge in [-0.3, -0.25) is 0 Å². The summed E-state index contributed by atoms with van der Waals surface area (Å²) < 4.78 is 33.5. The molecule has 2 aliphatic heterocycles. The molecule has 2 heterocycles. The predicted molar refractivity (Wildman–Crippen MR) is 90.5 cm³/mol. The van der Waals surface area contributed by atoms with E-state index in [1.165, 1.54) is 13.2 Å². The van der Waals surface area contributed by atoms with Gasteiger partial charge in [-0.05, 0) is 56.5 Å². The van der Waals surface area contributed by atoms with Crippen LogP contribution in [0.3, 0.4) is 0 Å². The Balaban J connectivity index is 1.98. The summed E-state index contributed by atoms with van der Waals surface area (Å²) in [4.78, 5) is 0.172. The lowest BCUT2D eigenvalue weighted by molar-refractivity contribution is 0.193. The topological polar surface area (TPSA) is 58.6 Å². The zero-order chi connectivity index (χ0) is 16.4. The van der Waals surface area contributed by atoms with Gasteiger partial charge in [0, 0.05) is 17.6 Å². The summed E-state index contributed by atoms with van der Waals surface area (Å²) in [5.41, 5.74) is 0. The Labute approximate surface area is 143 Å². The van der Waals surface area contributed by atoms with E-state index in [0.717, 1.165) is 38.8 Å². The monoisotopic (exact) mass is 358 g/mol. The number of halogens is 1. The van der Waals surface area contributed by atoms with E-state index in [1.54, 1.807) is 16.4 Å². The first-order chi connectivity index (χ1) is 11.0. The zero-order valence-corrected chi connectivity index (χ0v) is 14.9. The number of hydrogen-bond donors (Lipinski definition) is 1. The van der Waals surface area contributed by atoms with Crippen LogP contribution in [0.15, 0.2) is 23.1 Å². The van der Waals surface area contributed by atoms with Crippen molar-refractivity contribution in [3.8, 4) is 5.75 Å². The molecule has 23 heavy (non-hydrogen) atoms. The summed E-state index contributed by atoms with van der Waals surface area (Å²) >= 11 is 6.03. The summed E-state index contributed by atoms with van der Waals surface area (Å²) in [7, 11) is -2.13. The Morgan fingerprint density at radius 2 is 2.13 bits per heavy atom. The molecule has 0 bridgehead atoms. The lowest BCUT2D eigenvalue weighted by atomic mass is 9.91. The fraction of sp³-hybridized carbons (Fsp3) is 0.625. The molecule has 0 radical (unpaired) electrons. The lowest BCUT2D eigenvalue weighted by Crippen LogP contribution is -2.48. The number of rotatable bonds is 4. The standard InChI is InChI=1S/C16H23ClN2O3S/c1-22-15-6-5-13(17)10-16(15)23(20,21)19-9-3-2-4-14(19)12-7-8-18-11-12/h5-6,10,12,14,18H,2-4,7-9,11H2,1H3. The molecule has 128 valence electrons. The van der Waals surface area contributed by atoms with Gasteiger partial charge in [-0.2, -0.15) is 4.31 Å². The van der Waals surface area contributed by atoms with Crippen molar-refractivity contribution in [1.29, 1.82) is 0 Å². The van der Waals surface area contributed by atoms with Gasteiger partial charge in [0.2, 0.25) is 10.0 Å². The van der Waals surface area contributed by atoms with Crippen LogP contribution in [-0.2, 0) is 10.0 Å². The fourth-order valence-electron chi connectivity index (χ4n) is 3.68. The number of ether oxygens (including phenoxy) is 1. The molecule has 0 aromatic heterocycles. The van der Waals surface area contributed by atoms with Crippen molar-refractivity contribution in [3.05, 3.63) is 23.2 Å². The molecular formula is C16H23ClN2O3S. The third kappa shape index (κ3) is 3.36. The van der Waals surface area contributed by atoms with Crippen LogP contribution in [0.4, 0.5) is 0 Å². The van der Waals surface area contributed by atoms with E-state index in [9.17, 15) is 8.42 Å². The van der Waals surface area contributed by atoms with E-state index in [2.05, 4.69) is 5.32 Å². The highest BCUT2D eigenvalue weighted by Gasteiger charge is 2.39. The van der Waals surface area contributed by atoms with Crippen molar-refractivity contribution >= 4 is 21.6 Å². The van der Waals surface area contributed by atoms with E-state index in [-0.39, 0.29) is 10.9 Å². The molecule has 0 saturated carbocycles. The van der Waals surface area contributed by atoms with Gasteiger partial charge in [0.1, 0.15) is 10.6 Å². The average molecular weight is 359 g/mol. The second-order valence-corrected chi connectivity index (χ2v) is 8.52. The maximum Gasteiger partial charge on any atom is 0.247 e. The van der Waals surface area contributed by atoms with Crippen LogP contribution < -0.4 is 10.1 Å². The normalized spacial score (nSPS) is 26.3. The number of hydrogen-bond acceptors (Lipinski definition) is 4. The van der Waals surface area contributed by atoms with Gasteiger partial charge in [-0.15, -0.1) is 0 Å². The quantitative estimate of drug-likeness (QED) is 0.898. The molecule has 3 rings (SSSR count). The Kier molecular flexibility index (Phi) is 5.16. The lowest BCUT2D eigenvalue weighted by Gasteiger charge is -2.38. The maximum atomic E-state index is 13.3.